The van der Waals surface area contributed by atoms with Gasteiger partial charge < -0.3 is 65.1 Å². The van der Waals surface area contributed by atoms with Gasteiger partial charge in [-0.3, -0.25) is 4.79 Å². The quantitative estimate of drug-likeness (QED) is 0.0204. The van der Waals surface area contributed by atoms with E-state index in [2.05, 4.69) is 61.7 Å². The molecular formula is C65H117NO13. The highest BCUT2D eigenvalue weighted by atomic mass is 16.7. The topological polar surface area (TPSA) is 228 Å². The third-order valence-electron chi connectivity index (χ3n) is 15.5. The highest BCUT2D eigenvalue weighted by molar-refractivity contribution is 5.77. The number of allylic oxidation sites excluding steroid dienone is 9. The third-order valence-corrected chi connectivity index (χ3v) is 15.5. The van der Waals surface area contributed by atoms with Crippen molar-refractivity contribution in [1.29, 1.82) is 0 Å². The summed E-state index contributed by atoms with van der Waals surface area (Å²) in [7, 11) is 0. The van der Waals surface area contributed by atoms with Crippen molar-refractivity contribution in [1.82, 2.24) is 5.32 Å². The normalized spacial score (nSPS) is 24.8. The fourth-order valence-corrected chi connectivity index (χ4v) is 10.4. The number of aliphatic hydroxyl groups excluding tert-OH is 8. The van der Waals surface area contributed by atoms with Gasteiger partial charge in [-0.15, -0.1) is 0 Å². The van der Waals surface area contributed by atoms with Crippen LogP contribution < -0.4 is 5.32 Å². The molecule has 0 saturated carbocycles. The summed E-state index contributed by atoms with van der Waals surface area (Å²) in [5, 5.41) is 87.2. The highest BCUT2D eigenvalue weighted by Gasteiger charge is 2.51. The molecule has 0 aromatic heterocycles. The Morgan fingerprint density at radius 1 is 0.456 bits per heavy atom. The van der Waals surface area contributed by atoms with E-state index in [1.807, 2.05) is 12.2 Å². The molecule has 14 heteroatoms. The van der Waals surface area contributed by atoms with Crippen LogP contribution in [0.4, 0.5) is 0 Å². The molecule has 460 valence electrons. The van der Waals surface area contributed by atoms with Crippen molar-refractivity contribution in [2.45, 2.75) is 325 Å². The van der Waals surface area contributed by atoms with Gasteiger partial charge in [-0.05, 0) is 38.5 Å². The first-order chi connectivity index (χ1) is 38.6. The Morgan fingerprint density at radius 2 is 0.823 bits per heavy atom. The Hall–Kier alpha value is -2.31. The van der Waals surface area contributed by atoms with Gasteiger partial charge in [0.25, 0.3) is 0 Å². The zero-order valence-electron chi connectivity index (χ0n) is 49.6. The van der Waals surface area contributed by atoms with E-state index in [1.54, 1.807) is 6.08 Å². The van der Waals surface area contributed by atoms with E-state index in [9.17, 15) is 45.6 Å². The van der Waals surface area contributed by atoms with Crippen molar-refractivity contribution in [3.8, 4) is 0 Å². The fraction of sp³-hybridized carbons (Fsp3) is 0.831. The van der Waals surface area contributed by atoms with E-state index >= 15 is 0 Å². The summed E-state index contributed by atoms with van der Waals surface area (Å²) in [5.74, 6) is -0.332. The maximum Gasteiger partial charge on any atom is 0.224 e. The van der Waals surface area contributed by atoms with Gasteiger partial charge in [0.15, 0.2) is 12.6 Å². The minimum Gasteiger partial charge on any atom is -0.394 e. The molecule has 2 fully saturated rings. The lowest BCUT2D eigenvalue weighted by molar-refractivity contribution is -0.359. The molecule has 0 aliphatic carbocycles. The molecule has 0 bridgehead atoms. The van der Waals surface area contributed by atoms with Crippen LogP contribution in [0.3, 0.4) is 0 Å². The fourth-order valence-electron chi connectivity index (χ4n) is 10.4. The average molecular weight is 1120 g/mol. The second-order valence-corrected chi connectivity index (χ2v) is 22.5. The van der Waals surface area contributed by atoms with Crippen LogP contribution in [-0.2, 0) is 23.7 Å². The molecule has 0 aromatic rings. The Bertz CT molecular complexity index is 1560. The maximum atomic E-state index is 13.2. The van der Waals surface area contributed by atoms with Crippen LogP contribution in [0, 0.1) is 0 Å². The maximum absolute atomic E-state index is 13.2. The monoisotopic (exact) mass is 1120 g/mol. The van der Waals surface area contributed by atoms with Crippen molar-refractivity contribution < 1.29 is 64.6 Å². The largest absolute Gasteiger partial charge is 0.394 e. The smallest absolute Gasteiger partial charge is 0.224 e. The van der Waals surface area contributed by atoms with Crippen molar-refractivity contribution in [2.75, 3.05) is 19.8 Å². The Balaban J connectivity index is 1.69. The molecule has 14 nitrogen and oxygen atoms in total. The first-order valence-corrected chi connectivity index (χ1v) is 32.0. The predicted octanol–water partition coefficient (Wildman–Crippen LogP) is 11.7. The van der Waals surface area contributed by atoms with E-state index in [-0.39, 0.29) is 18.9 Å². The molecule has 0 aromatic carbocycles. The first kappa shape index (κ1) is 72.8. The van der Waals surface area contributed by atoms with Gasteiger partial charge in [-0.25, -0.2) is 0 Å². The summed E-state index contributed by atoms with van der Waals surface area (Å²) in [6.45, 7) is 2.70. The first-order valence-electron chi connectivity index (χ1n) is 32.0. The number of carbonyl (C=O) groups excluding carboxylic acids is 1. The number of hydrogen-bond donors (Lipinski definition) is 9. The van der Waals surface area contributed by atoms with Crippen LogP contribution in [0.25, 0.3) is 0 Å². The third kappa shape index (κ3) is 35.4. The molecule has 2 aliphatic rings. The van der Waals surface area contributed by atoms with Crippen LogP contribution in [-0.4, -0.2) is 140 Å². The van der Waals surface area contributed by atoms with E-state index in [1.165, 1.54) is 167 Å². The lowest BCUT2D eigenvalue weighted by atomic mass is 9.97. The molecule has 0 radical (unpaired) electrons. The molecule has 2 rings (SSSR count). The summed E-state index contributed by atoms with van der Waals surface area (Å²) < 4.78 is 22.8. The molecule has 0 spiro atoms. The number of carbonyl (C=O) groups is 1. The number of ether oxygens (including phenoxy) is 4. The molecule has 2 aliphatic heterocycles. The van der Waals surface area contributed by atoms with Crippen molar-refractivity contribution in [3.05, 3.63) is 60.8 Å². The SMILES string of the molecule is CC/C=C\C/C=C\C/C=C\C/C=C\C/C=C\CC(=O)NC(COC1OC(CO)C(OC2OC(CO)C(O)C(O)C2O)C(O)C1O)C(O)CCCCCCCCCCCCCCCCCCCCCCCCCCCCCCCC. The van der Waals surface area contributed by atoms with Gasteiger partial charge in [0, 0.05) is 6.42 Å². The summed E-state index contributed by atoms with van der Waals surface area (Å²) in [6, 6.07) is -0.887. The van der Waals surface area contributed by atoms with E-state index in [0.717, 1.165) is 51.4 Å². The number of aliphatic hydroxyl groups is 8. The molecule has 2 heterocycles. The zero-order valence-corrected chi connectivity index (χ0v) is 49.6. The molecular weight excluding hydrogens is 1000 g/mol. The van der Waals surface area contributed by atoms with E-state index < -0.39 is 86.8 Å². The molecule has 1 amide bonds. The van der Waals surface area contributed by atoms with Gasteiger partial charge >= 0.3 is 0 Å². The molecule has 12 atom stereocenters. The molecule has 12 unspecified atom stereocenters. The van der Waals surface area contributed by atoms with E-state index in [4.69, 9.17) is 18.9 Å². The standard InChI is InChI=1S/C65H117NO13/c1-3-5-7-9-11-13-15-17-19-20-21-22-23-24-25-26-27-28-29-30-31-32-33-35-36-38-40-42-44-46-48-54(69)53(66-57(70)49-47-45-43-41-39-37-34-18-16-14-12-10-8-6-4-2)52-76-64-62(75)60(73)63(56(51-68)78-64)79-65-61(74)59(72)58(71)55(50-67)77-65/h6,8,12,14,18,34,39,41,45,47,53-56,58-65,67-69,71-75H,3-5,7,9-11,13,15-17,19-33,35-38,40,42-44,46,48-52H2,1-2H3,(H,66,70)/b8-6-,14-12-,34-18-,41-39-,47-45-. The van der Waals surface area contributed by atoms with Gasteiger partial charge in [-0.2, -0.15) is 0 Å². The van der Waals surface area contributed by atoms with Crippen molar-refractivity contribution in [2.24, 2.45) is 0 Å². The second-order valence-electron chi connectivity index (χ2n) is 22.5. The number of amides is 1. The lowest BCUT2D eigenvalue weighted by Gasteiger charge is -2.46. The number of nitrogens with one attached hydrogen (secondary N) is 1. The summed E-state index contributed by atoms with van der Waals surface area (Å²) in [5.41, 5.74) is 0. The van der Waals surface area contributed by atoms with E-state index in [0.29, 0.717) is 12.8 Å². The Labute approximate surface area is 479 Å². The second kappa shape index (κ2) is 50.2. The van der Waals surface area contributed by atoms with Gasteiger partial charge in [0.05, 0.1) is 32.0 Å². The van der Waals surface area contributed by atoms with Crippen molar-refractivity contribution >= 4 is 5.91 Å². The molecule has 2 saturated heterocycles. The summed E-state index contributed by atoms with van der Waals surface area (Å²) in [4.78, 5) is 13.2. The average Bonchev–Trinajstić information content (AvgIpc) is 3.47. The molecule has 79 heavy (non-hydrogen) atoms. The zero-order chi connectivity index (χ0) is 57.4. The van der Waals surface area contributed by atoms with Gasteiger partial charge in [-0.1, -0.05) is 267 Å². The van der Waals surface area contributed by atoms with Crippen LogP contribution >= 0.6 is 0 Å². The predicted molar refractivity (Wildman–Crippen MR) is 318 cm³/mol. The number of unbranched alkanes of at least 4 members (excludes halogenated alkanes) is 29. The Kier molecular flexibility index (Phi) is 46.3. The minimum absolute atomic E-state index is 0.0706. The van der Waals surface area contributed by atoms with Crippen molar-refractivity contribution in [3.63, 3.8) is 0 Å². The number of rotatable bonds is 51. The Morgan fingerprint density at radius 3 is 1.23 bits per heavy atom. The molecule has 9 N–H and O–H groups in total. The van der Waals surface area contributed by atoms with Crippen LogP contribution in [0.15, 0.2) is 60.8 Å². The highest BCUT2D eigenvalue weighted by Crippen LogP contribution is 2.30. The van der Waals surface area contributed by atoms with Crippen LogP contribution in [0.2, 0.25) is 0 Å². The van der Waals surface area contributed by atoms with Gasteiger partial charge in [0.2, 0.25) is 5.91 Å². The number of hydrogen-bond acceptors (Lipinski definition) is 13. The van der Waals surface area contributed by atoms with Gasteiger partial charge in [0.1, 0.15) is 48.8 Å². The summed E-state index contributed by atoms with van der Waals surface area (Å²) >= 11 is 0. The van der Waals surface area contributed by atoms with Crippen LogP contribution in [0.5, 0.6) is 0 Å². The minimum atomic E-state index is -1.79. The van der Waals surface area contributed by atoms with Crippen LogP contribution in [0.1, 0.15) is 251 Å². The lowest BCUT2D eigenvalue weighted by Crippen LogP contribution is -2.65. The summed E-state index contributed by atoms with van der Waals surface area (Å²) in [6.07, 6.45) is 48.5.